The molecule has 0 aliphatic carbocycles. The van der Waals surface area contributed by atoms with Crippen LogP contribution in [0.5, 0.6) is 0 Å². The molecule has 14 heavy (non-hydrogen) atoms. The molecule has 3 nitrogen and oxygen atoms in total. The SMILES string of the molecule is CCN(CCO)C[C@@H]1CCCN(C)C1. The second-order valence-electron chi connectivity index (χ2n) is 4.39. The van der Waals surface area contributed by atoms with Crippen LogP contribution in [0.1, 0.15) is 19.8 Å². The Morgan fingerprint density at radius 1 is 1.50 bits per heavy atom. The molecule has 1 heterocycles. The van der Waals surface area contributed by atoms with Crippen LogP contribution in [-0.2, 0) is 0 Å². The highest BCUT2D eigenvalue weighted by Gasteiger charge is 2.18. The van der Waals surface area contributed by atoms with Gasteiger partial charge in [-0.3, -0.25) is 0 Å². The van der Waals surface area contributed by atoms with Crippen LogP contribution in [0.25, 0.3) is 0 Å². The summed E-state index contributed by atoms with van der Waals surface area (Å²) >= 11 is 0. The van der Waals surface area contributed by atoms with Gasteiger partial charge in [0.05, 0.1) is 6.61 Å². The summed E-state index contributed by atoms with van der Waals surface area (Å²) in [6, 6.07) is 0. The third-order valence-corrected chi connectivity index (χ3v) is 3.10. The smallest absolute Gasteiger partial charge is 0.0558 e. The number of rotatable bonds is 5. The molecule has 0 radical (unpaired) electrons. The molecule has 0 unspecified atom stereocenters. The number of aliphatic hydroxyl groups is 1. The maximum Gasteiger partial charge on any atom is 0.0558 e. The third-order valence-electron chi connectivity index (χ3n) is 3.10. The Morgan fingerprint density at radius 3 is 2.86 bits per heavy atom. The van der Waals surface area contributed by atoms with Crippen molar-refractivity contribution in [1.29, 1.82) is 0 Å². The minimum Gasteiger partial charge on any atom is -0.395 e. The van der Waals surface area contributed by atoms with Crippen LogP contribution in [0.2, 0.25) is 0 Å². The fourth-order valence-corrected chi connectivity index (χ4v) is 2.31. The van der Waals surface area contributed by atoms with E-state index >= 15 is 0 Å². The van der Waals surface area contributed by atoms with Gasteiger partial charge < -0.3 is 14.9 Å². The Bertz CT molecular complexity index is 152. The fraction of sp³-hybridized carbons (Fsp3) is 1.00. The number of hydrogen-bond donors (Lipinski definition) is 1. The molecule has 0 aromatic carbocycles. The highest BCUT2D eigenvalue weighted by molar-refractivity contribution is 4.73. The van der Waals surface area contributed by atoms with Crippen molar-refractivity contribution < 1.29 is 5.11 Å². The summed E-state index contributed by atoms with van der Waals surface area (Å²) < 4.78 is 0. The maximum absolute atomic E-state index is 8.90. The molecule has 1 fully saturated rings. The topological polar surface area (TPSA) is 26.7 Å². The van der Waals surface area contributed by atoms with Crippen molar-refractivity contribution in [3.8, 4) is 0 Å². The van der Waals surface area contributed by atoms with Crippen molar-refractivity contribution in [2.75, 3.05) is 46.4 Å². The standard InChI is InChI=1S/C11H24N2O/c1-3-13(7-8-14)10-11-5-4-6-12(2)9-11/h11,14H,3-10H2,1-2H3/t11-/m1/s1. The van der Waals surface area contributed by atoms with E-state index in [4.69, 9.17) is 5.11 Å². The Morgan fingerprint density at radius 2 is 2.29 bits per heavy atom. The molecule has 0 aromatic heterocycles. The molecule has 1 saturated heterocycles. The molecule has 0 spiro atoms. The molecule has 1 N–H and O–H groups in total. The van der Waals surface area contributed by atoms with Crippen LogP contribution in [0.3, 0.4) is 0 Å². The number of aliphatic hydroxyl groups excluding tert-OH is 1. The lowest BCUT2D eigenvalue weighted by Crippen LogP contribution is -2.40. The van der Waals surface area contributed by atoms with Crippen LogP contribution < -0.4 is 0 Å². The van der Waals surface area contributed by atoms with E-state index in [1.807, 2.05) is 0 Å². The maximum atomic E-state index is 8.90. The molecule has 1 aliphatic heterocycles. The van der Waals surface area contributed by atoms with E-state index in [2.05, 4.69) is 23.8 Å². The van der Waals surface area contributed by atoms with Gasteiger partial charge in [-0.05, 0) is 38.9 Å². The van der Waals surface area contributed by atoms with Gasteiger partial charge in [0, 0.05) is 19.6 Å². The second kappa shape index (κ2) is 6.38. The Hall–Kier alpha value is -0.120. The molecular weight excluding hydrogens is 176 g/mol. The van der Waals surface area contributed by atoms with E-state index in [0.717, 1.165) is 25.6 Å². The predicted molar refractivity (Wildman–Crippen MR) is 59.4 cm³/mol. The monoisotopic (exact) mass is 200 g/mol. The molecule has 84 valence electrons. The molecule has 3 heteroatoms. The highest BCUT2D eigenvalue weighted by Crippen LogP contribution is 2.15. The second-order valence-corrected chi connectivity index (χ2v) is 4.39. The number of likely N-dealkylation sites (N-methyl/N-ethyl adjacent to an activating group) is 1. The van der Waals surface area contributed by atoms with Crippen LogP contribution in [0.4, 0.5) is 0 Å². The van der Waals surface area contributed by atoms with Gasteiger partial charge >= 0.3 is 0 Å². The van der Waals surface area contributed by atoms with E-state index in [1.165, 1.54) is 25.9 Å². The first-order valence-electron chi connectivity index (χ1n) is 5.78. The lowest BCUT2D eigenvalue weighted by atomic mass is 9.98. The van der Waals surface area contributed by atoms with Crippen LogP contribution in [0, 0.1) is 5.92 Å². The lowest BCUT2D eigenvalue weighted by Gasteiger charge is -2.33. The summed E-state index contributed by atoms with van der Waals surface area (Å²) in [5, 5.41) is 8.90. The average Bonchev–Trinajstić information content (AvgIpc) is 2.17. The van der Waals surface area contributed by atoms with Gasteiger partial charge in [-0.2, -0.15) is 0 Å². The Labute approximate surface area is 87.7 Å². The van der Waals surface area contributed by atoms with Crippen molar-refractivity contribution in [3.63, 3.8) is 0 Å². The average molecular weight is 200 g/mol. The molecule has 0 saturated carbocycles. The van der Waals surface area contributed by atoms with E-state index in [0.29, 0.717) is 0 Å². The van der Waals surface area contributed by atoms with E-state index < -0.39 is 0 Å². The molecule has 1 aliphatic rings. The minimum absolute atomic E-state index is 0.288. The van der Waals surface area contributed by atoms with Crippen molar-refractivity contribution in [2.24, 2.45) is 5.92 Å². The Balaban J connectivity index is 2.26. The number of piperidine rings is 1. The summed E-state index contributed by atoms with van der Waals surface area (Å²) in [5.41, 5.74) is 0. The minimum atomic E-state index is 0.288. The largest absolute Gasteiger partial charge is 0.395 e. The van der Waals surface area contributed by atoms with Crippen LogP contribution >= 0.6 is 0 Å². The normalized spacial score (nSPS) is 24.4. The zero-order valence-corrected chi connectivity index (χ0v) is 9.58. The lowest BCUT2D eigenvalue weighted by molar-refractivity contribution is 0.136. The zero-order chi connectivity index (χ0) is 10.4. The van der Waals surface area contributed by atoms with Crippen molar-refractivity contribution in [3.05, 3.63) is 0 Å². The first-order valence-corrected chi connectivity index (χ1v) is 5.78. The van der Waals surface area contributed by atoms with Gasteiger partial charge in [0.25, 0.3) is 0 Å². The summed E-state index contributed by atoms with van der Waals surface area (Å²) in [6.45, 7) is 7.97. The fourth-order valence-electron chi connectivity index (χ4n) is 2.31. The highest BCUT2D eigenvalue weighted by atomic mass is 16.3. The molecule has 0 amide bonds. The van der Waals surface area contributed by atoms with Crippen molar-refractivity contribution in [1.82, 2.24) is 9.80 Å². The summed E-state index contributed by atoms with van der Waals surface area (Å²) in [6.07, 6.45) is 2.68. The van der Waals surface area contributed by atoms with E-state index in [-0.39, 0.29) is 6.61 Å². The first kappa shape index (κ1) is 12.0. The third kappa shape index (κ3) is 3.95. The van der Waals surface area contributed by atoms with Crippen molar-refractivity contribution >= 4 is 0 Å². The first-order chi connectivity index (χ1) is 6.76. The van der Waals surface area contributed by atoms with Gasteiger partial charge in [0.15, 0.2) is 0 Å². The summed E-state index contributed by atoms with van der Waals surface area (Å²) in [5.74, 6) is 0.806. The quantitative estimate of drug-likeness (QED) is 0.705. The molecule has 0 aromatic rings. The van der Waals surface area contributed by atoms with Gasteiger partial charge in [-0.1, -0.05) is 6.92 Å². The van der Waals surface area contributed by atoms with Crippen LogP contribution in [0.15, 0.2) is 0 Å². The predicted octanol–water partition coefficient (Wildman–Crippen LogP) is 0.642. The van der Waals surface area contributed by atoms with Gasteiger partial charge in [-0.15, -0.1) is 0 Å². The molecular formula is C11H24N2O. The number of hydrogen-bond acceptors (Lipinski definition) is 3. The van der Waals surface area contributed by atoms with Gasteiger partial charge in [-0.25, -0.2) is 0 Å². The summed E-state index contributed by atoms with van der Waals surface area (Å²) in [4.78, 5) is 4.77. The van der Waals surface area contributed by atoms with Crippen molar-refractivity contribution in [2.45, 2.75) is 19.8 Å². The number of likely N-dealkylation sites (tertiary alicyclic amines) is 1. The number of nitrogens with zero attached hydrogens (tertiary/aromatic N) is 2. The van der Waals surface area contributed by atoms with Crippen LogP contribution in [-0.4, -0.2) is 61.3 Å². The van der Waals surface area contributed by atoms with E-state index in [9.17, 15) is 0 Å². The van der Waals surface area contributed by atoms with Gasteiger partial charge in [0.2, 0.25) is 0 Å². The zero-order valence-electron chi connectivity index (χ0n) is 9.58. The van der Waals surface area contributed by atoms with E-state index in [1.54, 1.807) is 0 Å². The molecule has 1 atom stereocenters. The Kier molecular flexibility index (Phi) is 5.45. The molecule has 1 rings (SSSR count). The molecule has 0 bridgehead atoms. The van der Waals surface area contributed by atoms with Gasteiger partial charge in [0.1, 0.15) is 0 Å². The summed E-state index contributed by atoms with van der Waals surface area (Å²) in [7, 11) is 2.20.